The number of aromatic nitrogens is 3. The minimum Gasteiger partial charge on any atom is -0.395 e. The highest BCUT2D eigenvalue weighted by molar-refractivity contribution is 7.91. The van der Waals surface area contributed by atoms with E-state index in [1.807, 2.05) is 0 Å². The normalized spacial score (nSPS) is 12.3. The number of hydrogen-bond acceptors (Lipinski definition) is 7. The molecule has 2 N–H and O–H groups in total. The molecule has 0 atom stereocenters. The second kappa shape index (κ2) is 11.4. The molecule has 0 bridgehead atoms. The van der Waals surface area contributed by atoms with Gasteiger partial charge in [0, 0.05) is 18.7 Å². The first-order chi connectivity index (χ1) is 18.5. The third kappa shape index (κ3) is 6.10. The van der Waals surface area contributed by atoms with Gasteiger partial charge >= 0.3 is 6.18 Å². The molecule has 1 aromatic carbocycles. The molecule has 0 aliphatic rings. The summed E-state index contributed by atoms with van der Waals surface area (Å²) in [7, 11) is -4.00. The second-order valence-corrected chi connectivity index (χ2v) is 11.2. The van der Waals surface area contributed by atoms with E-state index >= 15 is 0 Å². The minimum atomic E-state index is -4.64. The molecule has 3 heterocycles. The number of halogens is 5. The highest BCUT2D eigenvalue weighted by atomic mass is 32.2. The molecule has 0 aliphatic carbocycles. The van der Waals surface area contributed by atoms with Crippen molar-refractivity contribution < 1.29 is 40.6 Å². The molecule has 4 rings (SSSR count). The Morgan fingerprint density at radius 2 is 1.77 bits per heavy atom. The predicted molar refractivity (Wildman–Crippen MR) is 132 cm³/mol. The van der Waals surface area contributed by atoms with Crippen molar-refractivity contribution in [3.05, 3.63) is 70.4 Å². The molecule has 15 heteroatoms. The summed E-state index contributed by atoms with van der Waals surface area (Å²) < 4.78 is 94.4. The number of aliphatic hydroxyl groups is 2. The molecule has 4 aromatic rings. The maximum Gasteiger partial charge on any atom is 0.416 e. The molecule has 0 saturated heterocycles. The molecule has 206 valence electrons. The molecule has 0 amide bonds. The van der Waals surface area contributed by atoms with Crippen LogP contribution in [0.25, 0.3) is 16.9 Å². The maximum atomic E-state index is 13.8. The molecule has 39 heavy (non-hydrogen) atoms. The summed E-state index contributed by atoms with van der Waals surface area (Å²) in [5.41, 5.74) is -1.76. The van der Waals surface area contributed by atoms with E-state index in [9.17, 15) is 30.4 Å². The zero-order valence-electron chi connectivity index (χ0n) is 19.7. The van der Waals surface area contributed by atoms with Crippen LogP contribution in [0, 0.1) is 11.8 Å². The summed E-state index contributed by atoms with van der Waals surface area (Å²) in [6.07, 6.45) is -6.49. The molecule has 3 aromatic heterocycles. The van der Waals surface area contributed by atoms with Gasteiger partial charge in [0.2, 0.25) is 0 Å². The van der Waals surface area contributed by atoms with E-state index in [-0.39, 0.29) is 39.8 Å². The van der Waals surface area contributed by atoms with Gasteiger partial charge in [-0.05, 0) is 30.3 Å². The fraction of sp³-hybridized carbons (Fsp3) is 0.250. The Bertz CT molecular complexity index is 1650. The zero-order valence-corrected chi connectivity index (χ0v) is 21.4. The lowest BCUT2D eigenvalue weighted by molar-refractivity contribution is -0.137. The Morgan fingerprint density at radius 1 is 1.05 bits per heavy atom. The smallest absolute Gasteiger partial charge is 0.395 e. The van der Waals surface area contributed by atoms with Crippen LogP contribution < -0.4 is 0 Å². The van der Waals surface area contributed by atoms with Crippen molar-refractivity contribution in [2.45, 2.75) is 16.8 Å². The van der Waals surface area contributed by atoms with Gasteiger partial charge < -0.3 is 10.2 Å². The molecular weight excluding hydrogens is 567 g/mol. The van der Waals surface area contributed by atoms with Gasteiger partial charge in [-0.25, -0.2) is 26.7 Å². The SMILES string of the molecule is O=S(=O)(c1ccc(C#Cc2cnn3c(C(F)F)cc(-c4cccc(C(F)(F)F)c4)nc23)s1)N(CCO)CCO. The van der Waals surface area contributed by atoms with Crippen LogP contribution >= 0.6 is 11.3 Å². The quantitative estimate of drug-likeness (QED) is 0.240. The Hall–Kier alpha value is -3.42. The lowest BCUT2D eigenvalue weighted by Crippen LogP contribution is -2.35. The van der Waals surface area contributed by atoms with E-state index in [4.69, 9.17) is 10.2 Å². The molecular formula is C24H19F5N4O4S2. The molecule has 0 radical (unpaired) electrons. The van der Waals surface area contributed by atoms with Gasteiger partial charge in [-0.2, -0.15) is 22.6 Å². The van der Waals surface area contributed by atoms with Gasteiger partial charge in [-0.15, -0.1) is 11.3 Å². The molecule has 0 unspecified atom stereocenters. The van der Waals surface area contributed by atoms with Gasteiger partial charge in [-0.1, -0.05) is 24.0 Å². The van der Waals surface area contributed by atoms with E-state index in [1.54, 1.807) is 0 Å². The fourth-order valence-corrected chi connectivity index (χ4v) is 6.33. The number of rotatable bonds is 8. The van der Waals surface area contributed by atoms with Gasteiger partial charge in [0.05, 0.1) is 41.1 Å². The minimum absolute atomic E-state index is 0.0299. The number of thiophene rings is 1. The summed E-state index contributed by atoms with van der Waals surface area (Å²) in [5.74, 6) is 5.44. The Labute approximate surface area is 223 Å². The van der Waals surface area contributed by atoms with Crippen molar-refractivity contribution in [2.24, 2.45) is 0 Å². The number of alkyl halides is 5. The topological polar surface area (TPSA) is 108 Å². The molecule has 0 spiro atoms. The number of fused-ring (bicyclic) bond motifs is 1. The maximum absolute atomic E-state index is 13.8. The summed E-state index contributed by atoms with van der Waals surface area (Å²) in [4.78, 5) is 4.54. The van der Waals surface area contributed by atoms with Gasteiger partial charge in [0.25, 0.3) is 16.4 Å². The average molecular weight is 587 g/mol. The van der Waals surface area contributed by atoms with Crippen LogP contribution in [0.2, 0.25) is 0 Å². The number of hydrogen-bond donors (Lipinski definition) is 2. The fourth-order valence-electron chi connectivity index (χ4n) is 3.59. The van der Waals surface area contributed by atoms with Crippen LogP contribution in [-0.4, -0.2) is 63.8 Å². The Balaban J connectivity index is 1.74. The van der Waals surface area contributed by atoms with E-state index in [1.165, 1.54) is 24.4 Å². The van der Waals surface area contributed by atoms with Crippen LogP contribution in [0.15, 0.2) is 52.9 Å². The van der Waals surface area contributed by atoms with Gasteiger partial charge in [0.15, 0.2) is 5.65 Å². The van der Waals surface area contributed by atoms with Gasteiger partial charge in [-0.3, -0.25) is 0 Å². The van der Waals surface area contributed by atoms with Crippen molar-refractivity contribution in [1.29, 1.82) is 0 Å². The number of nitrogens with zero attached hydrogens (tertiary/aromatic N) is 4. The lowest BCUT2D eigenvalue weighted by atomic mass is 10.1. The summed E-state index contributed by atoms with van der Waals surface area (Å²) in [6, 6.07) is 7.81. The summed E-state index contributed by atoms with van der Waals surface area (Å²) in [5, 5.41) is 22.2. The zero-order chi connectivity index (χ0) is 28.4. The largest absolute Gasteiger partial charge is 0.416 e. The highest BCUT2D eigenvalue weighted by Crippen LogP contribution is 2.33. The Kier molecular flexibility index (Phi) is 8.33. The Morgan fingerprint density at radius 3 is 2.41 bits per heavy atom. The second-order valence-electron chi connectivity index (χ2n) is 7.96. The number of sulfonamides is 1. The van der Waals surface area contributed by atoms with Gasteiger partial charge in [0.1, 0.15) is 9.90 Å². The average Bonchev–Trinajstić information content (AvgIpc) is 3.54. The summed E-state index contributed by atoms with van der Waals surface area (Å²) in [6.45, 7) is -1.31. The van der Waals surface area contributed by atoms with Crippen molar-refractivity contribution >= 4 is 27.0 Å². The first-order valence-corrected chi connectivity index (χ1v) is 13.4. The third-order valence-electron chi connectivity index (χ3n) is 5.40. The third-order valence-corrected chi connectivity index (χ3v) is 8.77. The number of aliphatic hydroxyl groups excluding tert-OH is 2. The monoisotopic (exact) mass is 586 g/mol. The van der Waals surface area contributed by atoms with Crippen molar-refractivity contribution in [2.75, 3.05) is 26.3 Å². The molecule has 8 nitrogen and oxygen atoms in total. The van der Waals surface area contributed by atoms with E-state index in [0.29, 0.717) is 4.88 Å². The lowest BCUT2D eigenvalue weighted by Gasteiger charge is -2.18. The van der Waals surface area contributed by atoms with Crippen LogP contribution in [0.4, 0.5) is 22.0 Å². The van der Waals surface area contributed by atoms with Crippen LogP contribution in [0.1, 0.15) is 28.1 Å². The first kappa shape index (κ1) is 28.6. The number of benzene rings is 1. The van der Waals surface area contributed by atoms with Crippen LogP contribution in [0.5, 0.6) is 0 Å². The van der Waals surface area contributed by atoms with E-state index in [0.717, 1.165) is 44.4 Å². The van der Waals surface area contributed by atoms with Crippen molar-refractivity contribution in [1.82, 2.24) is 18.9 Å². The van der Waals surface area contributed by atoms with Crippen molar-refractivity contribution in [3.8, 4) is 23.1 Å². The molecule has 0 saturated carbocycles. The summed E-state index contributed by atoms with van der Waals surface area (Å²) >= 11 is 0.818. The van der Waals surface area contributed by atoms with Crippen LogP contribution in [-0.2, 0) is 16.2 Å². The molecule has 0 fully saturated rings. The predicted octanol–water partition coefficient (Wildman–Crippen LogP) is 3.79. The standard InChI is InChI=1S/C24H19F5N4O4S2/c25-22(26)20-13-19(15-2-1-3-17(12-15)24(27,28)29)31-23-16(14-30-33(20)23)4-5-18-6-7-21(38-18)39(36,37)32(8-10-34)9-11-35/h1-3,6-7,12-14,22,34-35H,8-11H2. The van der Waals surface area contributed by atoms with Crippen molar-refractivity contribution in [3.63, 3.8) is 0 Å². The highest BCUT2D eigenvalue weighted by Gasteiger charge is 2.31. The molecule has 0 aliphatic heterocycles. The first-order valence-electron chi connectivity index (χ1n) is 11.1. The van der Waals surface area contributed by atoms with E-state index < -0.39 is 47.1 Å². The van der Waals surface area contributed by atoms with E-state index in [2.05, 4.69) is 21.9 Å². The van der Waals surface area contributed by atoms with Crippen LogP contribution in [0.3, 0.4) is 0 Å².